The largest absolute Gasteiger partial charge is 0.459 e. The zero-order valence-corrected chi connectivity index (χ0v) is 12.1. The van der Waals surface area contributed by atoms with Crippen molar-refractivity contribution >= 4 is 11.0 Å². The van der Waals surface area contributed by atoms with Gasteiger partial charge in [0.1, 0.15) is 11.3 Å². The molecule has 0 spiro atoms. The van der Waals surface area contributed by atoms with Crippen molar-refractivity contribution in [2.45, 2.75) is 44.2 Å². The molecule has 0 saturated heterocycles. The molecule has 4 nitrogen and oxygen atoms in total. The third-order valence-electron chi connectivity index (χ3n) is 4.51. The molecule has 1 aromatic heterocycles. The molecule has 0 bridgehead atoms. The molecule has 1 fully saturated rings. The Bertz CT molecular complexity index is 596. The number of aryl methyl sites for hydroxylation is 1. The van der Waals surface area contributed by atoms with Gasteiger partial charge in [0.2, 0.25) is 0 Å². The number of hydrogen-bond donors (Lipinski definition) is 2. The molecule has 20 heavy (non-hydrogen) atoms. The summed E-state index contributed by atoms with van der Waals surface area (Å²) in [5, 5.41) is 1.13. The van der Waals surface area contributed by atoms with Gasteiger partial charge in [-0.05, 0) is 44.4 Å². The summed E-state index contributed by atoms with van der Waals surface area (Å²) >= 11 is 0. The number of hydrazine groups is 1. The van der Waals surface area contributed by atoms with Crippen LogP contribution in [0.3, 0.4) is 0 Å². The van der Waals surface area contributed by atoms with Crippen LogP contribution in [0.1, 0.15) is 43.0 Å². The maximum absolute atomic E-state index is 5.94. The van der Waals surface area contributed by atoms with E-state index in [-0.39, 0.29) is 11.6 Å². The Labute approximate surface area is 119 Å². The van der Waals surface area contributed by atoms with Crippen molar-refractivity contribution in [2.24, 2.45) is 5.84 Å². The molecule has 1 unspecified atom stereocenters. The summed E-state index contributed by atoms with van der Waals surface area (Å²) in [5.41, 5.74) is 4.98. The number of methoxy groups -OCH3 is 1. The average molecular weight is 274 g/mol. The van der Waals surface area contributed by atoms with Gasteiger partial charge in [-0.1, -0.05) is 11.6 Å². The Kier molecular flexibility index (Phi) is 3.54. The highest BCUT2D eigenvalue weighted by molar-refractivity contribution is 5.78. The molecule has 1 atom stereocenters. The lowest BCUT2D eigenvalue weighted by Gasteiger charge is -2.42. The van der Waals surface area contributed by atoms with Crippen LogP contribution in [0.4, 0.5) is 0 Å². The molecule has 1 aromatic carbocycles. The lowest BCUT2D eigenvalue weighted by Crippen LogP contribution is -2.44. The molecule has 3 rings (SSSR count). The van der Waals surface area contributed by atoms with Crippen molar-refractivity contribution in [3.05, 3.63) is 35.6 Å². The van der Waals surface area contributed by atoms with Gasteiger partial charge < -0.3 is 9.15 Å². The van der Waals surface area contributed by atoms with Crippen molar-refractivity contribution < 1.29 is 9.15 Å². The highest BCUT2D eigenvalue weighted by atomic mass is 16.5. The van der Waals surface area contributed by atoms with E-state index in [1.165, 1.54) is 12.0 Å². The van der Waals surface area contributed by atoms with Crippen LogP contribution in [0, 0.1) is 6.92 Å². The Morgan fingerprint density at radius 1 is 1.40 bits per heavy atom. The third-order valence-corrected chi connectivity index (χ3v) is 4.51. The van der Waals surface area contributed by atoms with Crippen molar-refractivity contribution in [1.29, 1.82) is 0 Å². The van der Waals surface area contributed by atoms with Gasteiger partial charge in [-0.15, -0.1) is 0 Å². The molecule has 4 heteroatoms. The highest BCUT2D eigenvalue weighted by Crippen LogP contribution is 2.42. The van der Waals surface area contributed by atoms with E-state index in [1.807, 2.05) is 6.07 Å². The Hall–Kier alpha value is -1.36. The van der Waals surface area contributed by atoms with Crippen LogP contribution in [0.25, 0.3) is 11.0 Å². The van der Waals surface area contributed by atoms with E-state index in [9.17, 15) is 0 Å². The van der Waals surface area contributed by atoms with Crippen LogP contribution in [-0.2, 0) is 4.74 Å². The summed E-state index contributed by atoms with van der Waals surface area (Å²) in [6, 6.07) is 8.27. The molecule has 3 N–H and O–H groups in total. The first-order valence-electron chi connectivity index (χ1n) is 7.17. The number of nitrogens with one attached hydrogen (secondary N) is 1. The Balaban J connectivity index is 1.87. The number of fused-ring (bicyclic) bond motifs is 1. The van der Waals surface area contributed by atoms with Gasteiger partial charge >= 0.3 is 0 Å². The van der Waals surface area contributed by atoms with Crippen LogP contribution in [0.2, 0.25) is 0 Å². The molecule has 1 aliphatic rings. The predicted molar refractivity (Wildman–Crippen MR) is 79.2 cm³/mol. The lowest BCUT2D eigenvalue weighted by atomic mass is 9.75. The van der Waals surface area contributed by atoms with Gasteiger partial charge in [-0.3, -0.25) is 5.84 Å². The Morgan fingerprint density at radius 2 is 2.20 bits per heavy atom. The highest BCUT2D eigenvalue weighted by Gasteiger charge is 2.39. The van der Waals surface area contributed by atoms with E-state index < -0.39 is 0 Å². The minimum Gasteiger partial charge on any atom is -0.459 e. The number of hydrogen-bond acceptors (Lipinski definition) is 4. The molecule has 1 heterocycles. The van der Waals surface area contributed by atoms with Crippen LogP contribution in [0.15, 0.2) is 28.7 Å². The van der Waals surface area contributed by atoms with Gasteiger partial charge in [0, 0.05) is 18.9 Å². The number of nitrogens with two attached hydrogens (primary N) is 1. The van der Waals surface area contributed by atoms with Gasteiger partial charge in [-0.25, -0.2) is 5.43 Å². The predicted octanol–water partition coefficient (Wildman–Crippen LogP) is 3.20. The number of ether oxygens (including phenoxy) is 1. The fourth-order valence-electron chi connectivity index (χ4n) is 3.03. The monoisotopic (exact) mass is 274 g/mol. The summed E-state index contributed by atoms with van der Waals surface area (Å²) in [4.78, 5) is 0. The lowest BCUT2D eigenvalue weighted by molar-refractivity contribution is -0.0848. The smallest absolute Gasteiger partial charge is 0.134 e. The van der Waals surface area contributed by atoms with Crippen molar-refractivity contribution in [3.63, 3.8) is 0 Å². The fourth-order valence-corrected chi connectivity index (χ4v) is 3.03. The maximum Gasteiger partial charge on any atom is 0.134 e. The van der Waals surface area contributed by atoms with Gasteiger partial charge in [0.05, 0.1) is 11.6 Å². The topological polar surface area (TPSA) is 60.4 Å². The summed E-state index contributed by atoms with van der Waals surface area (Å²) in [7, 11) is 1.79. The van der Waals surface area contributed by atoms with E-state index in [4.69, 9.17) is 15.0 Å². The number of furan rings is 1. The van der Waals surface area contributed by atoms with Crippen LogP contribution < -0.4 is 11.3 Å². The van der Waals surface area contributed by atoms with Gasteiger partial charge in [0.25, 0.3) is 0 Å². The fraction of sp³-hybridized carbons (Fsp3) is 0.500. The molecule has 0 aliphatic heterocycles. The minimum absolute atomic E-state index is 0.0112. The molecule has 1 saturated carbocycles. The normalized spacial score (nSPS) is 18.9. The quantitative estimate of drug-likeness (QED) is 0.649. The molecule has 0 radical (unpaired) electrons. The van der Waals surface area contributed by atoms with E-state index in [1.54, 1.807) is 7.11 Å². The number of benzene rings is 1. The number of rotatable bonds is 5. The summed E-state index contributed by atoms with van der Waals surface area (Å²) in [6.45, 7) is 2.08. The summed E-state index contributed by atoms with van der Waals surface area (Å²) in [5.74, 6) is 6.62. The average Bonchev–Trinajstić information content (AvgIpc) is 2.81. The summed E-state index contributed by atoms with van der Waals surface area (Å²) in [6.07, 6.45) is 4.27. The molecular formula is C16H22N2O2. The molecule has 1 aliphatic carbocycles. The van der Waals surface area contributed by atoms with Gasteiger partial charge in [0.15, 0.2) is 0 Å². The zero-order valence-electron chi connectivity index (χ0n) is 12.1. The van der Waals surface area contributed by atoms with E-state index in [0.717, 1.165) is 36.0 Å². The first-order chi connectivity index (χ1) is 9.65. The van der Waals surface area contributed by atoms with Crippen LogP contribution in [-0.4, -0.2) is 12.7 Å². The Morgan fingerprint density at radius 3 is 2.80 bits per heavy atom. The minimum atomic E-state index is -0.0358. The molecule has 0 amide bonds. The van der Waals surface area contributed by atoms with E-state index in [2.05, 4.69) is 30.5 Å². The molecular weight excluding hydrogens is 252 g/mol. The van der Waals surface area contributed by atoms with Crippen molar-refractivity contribution in [2.75, 3.05) is 7.11 Å². The second-order valence-corrected chi connectivity index (χ2v) is 5.85. The third kappa shape index (κ3) is 2.35. The second-order valence-electron chi connectivity index (χ2n) is 5.85. The van der Waals surface area contributed by atoms with Crippen molar-refractivity contribution in [1.82, 2.24) is 5.43 Å². The van der Waals surface area contributed by atoms with Crippen LogP contribution >= 0.6 is 0 Å². The first-order valence-corrected chi connectivity index (χ1v) is 7.17. The zero-order chi connectivity index (χ0) is 14.2. The molecule has 108 valence electrons. The SMILES string of the molecule is COC1(CC(NN)c2cc3cc(C)ccc3o2)CCC1. The van der Waals surface area contributed by atoms with Crippen LogP contribution in [0.5, 0.6) is 0 Å². The second kappa shape index (κ2) is 5.20. The maximum atomic E-state index is 5.94. The van der Waals surface area contributed by atoms with E-state index >= 15 is 0 Å². The molecule has 2 aromatic rings. The summed E-state index contributed by atoms with van der Waals surface area (Å²) < 4.78 is 11.6. The first kappa shape index (κ1) is 13.6. The van der Waals surface area contributed by atoms with Crippen molar-refractivity contribution in [3.8, 4) is 0 Å². The van der Waals surface area contributed by atoms with E-state index in [0.29, 0.717) is 0 Å². The standard InChI is InChI=1S/C16H22N2O2/c1-11-4-5-14-12(8-11)9-15(20-14)13(18-17)10-16(19-2)6-3-7-16/h4-5,8-9,13,18H,3,6-7,10,17H2,1-2H3. The van der Waals surface area contributed by atoms with Gasteiger partial charge in [-0.2, -0.15) is 0 Å².